The van der Waals surface area contributed by atoms with Gasteiger partial charge in [0.05, 0.1) is 43.4 Å². The van der Waals surface area contributed by atoms with Gasteiger partial charge in [-0.05, 0) is 24.3 Å². The number of aliphatic hydroxyl groups excluding tert-OH is 1. The standard InChI is InChI=1S/C29H29N5O3/c1-37-27-15-9-8-14-23(27)25-18-26(34(31-25)28(36)19-30-16-17-35)24-20-33(22-12-6-3-7-13-22)32-29(24)21-10-4-2-5-11-21/h2-15,20,26,30,35H,16-19H2,1H3. The van der Waals surface area contributed by atoms with Crippen LogP contribution in [0.3, 0.4) is 0 Å². The number of nitrogens with zero attached hydrogens (tertiary/aromatic N) is 4. The highest BCUT2D eigenvalue weighted by Gasteiger charge is 2.36. The molecule has 188 valence electrons. The largest absolute Gasteiger partial charge is 0.496 e. The Bertz CT molecular complexity index is 1390. The molecular weight excluding hydrogens is 466 g/mol. The van der Waals surface area contributed by atoms with E-state index in [-0.39, 0.29) is 25.1 Å². The van der Waals surface area contributed by atoms with Gasteiger partial charge in [-0.2, -0.15) is 10.2 Å². The second-order valence-electron chi connectivity index (χ2n) is 8.68. The Morgan fingerprint density at radius 3 is 2.46 bits per heavy atom. The lowest BCUT2D eigenvalue weighted by Crippen LogP contribution is -2.36. The summed E-state index contributed by atoms with van der Waals surface area (Å²) in [5, 5.41) is 23.4. The number of hydrogen-bond acceptors (Lipinski definition) is 6. The highest BCUT2D eigenvalue weighted by molar-refractivity contribution is 6.05. The molecule has 0 fully saturated rings. The minimum atomic E-state index is -0.365. The van der Waals surface area contributed by atoms with Crippen LogP contribution in [0, 0.1) is 0 Å². The van der Waals surface area contributed by atoms with Crippen LogP contribution in [0.1, 0.15) is 23.6 Å². The fourth-order valence-corrected chi connectivity index (χ4v) is 4.55. The van der Waals surface area contributed by atoms with Crippen LogP contribution in [0.5, 0.6) is 5.75 Å². The quantitative estimate of drug-likeness (QED) is 0.345. The number of benzene rings is 3. The lowest BCUT2D eigenvalue weighted by atomic mass is 9.96. The molecule has 1 amide bonds. The lowest BCUT2D eigenvalue weighted by molar-refractivity contribution is -0.132. The summed E-state index contributed by atoms with van der Waals surface area (Å²) in [7, 11) is 1.63. The van der Waals surface area contributed by atoms with E-state index in [1.54, 1.807) is 12.1 Å². The Labute approximate surface area is 215 Å². The second-order valence-corrected chi connectivity index (χ2v) is 8.68. The minimum Gasteiger partial charge on any atom is -0.496 e. The predicted molar refractivity (Wildman–Crippen MR) is 143 cm³/mol. The average Bonchev–Trinajstić information content (AvgIpc) is 3.59. The van der Waals surface area contributed by atoms with E-state index in [2.05, 4.69) is 5.32 Å². The van der Waals surface area contributed by atoms with Gasteiger partial charge in [-0.1, -0.05) is 60.7 Å². The molecule has 8 heteroatoms. The molecule has 2 heterocycles. The van der Waals surface area contributed by atoms with Gasteiger partial charge in [-0.15, -0.1) is 0 Å². The number of nitrogens with one attached hydrogen (secondary N) is 1. The average molecular weight is 496 g/mol. The lowest BCUT2D eigenvalue weighted by Gasteiger charge is -2.22. The molecule has 1 aromatic heterocycles. The molecule has 0 radical (unpaired) electrons. The fraction of sp³-hybridized carbons (Fsp3) is 0.207. The van der Waals surface area contributed by atoms with Crippen molar-refractivity contribution in [2.24, 2.45) is 5.10 Å². The Morgan fingerprint density at radius 2 is 1.73 bits per heavy atom. The van der Waals surface area contributed by atoms with E-state index in [1.165, 1.54) is 0 Å². The molecule has 0 aliphatic carbocycles. The first-order valence-electron chi connectivity index (χ1n) is 12.2. The molecular formula is C29H29N5O3. The zero-order valence-corrected chi connectivity index (χ0v) is 20.6. The first-order chi connectivity index (χ1) is 18.2. The molecule has 1 aliphatic rings. The van der Waals surface area contributed by atoms with Crippen LogP contribution >= 0.6 is 0 Å². The van der Waals surface area contributed by atoms with Crippen LogP contribution in [-0.4, -0.2) is 58.3 Å². The van der Waals surface area contributed by atoms with Gasteiger partial charge in [0.1, 0.15) is 5.75 Å². The van der Waals surface area contributed by atoms with Gasteiger partial charge >= 0.3 is 0 Å². The molecule has 1 unspecified atom stereocenters. The van der Waals surface area contributed by atoms with E-state index in [1.807, 2.05) is 95.8 Å². The maximum absolute atomic E-state index is 13.4. The first kappa shape index (κ1) is 24.4. The number of para-hydroxylation sites is 2. The van der Waals surface area contributed by atoms with Gasteiger partial charge in [0.2, 0.25) is 0 Å². The van der Waals surface area contributed by atoms with E-state index < -0.39 is 0 Å². The molecule has 0 bridgehead atoms. The number of methoxy groups -OCH3 is 1. The van der Waals surface area contributed by atoms with E-state index in [4.69, 9.17) is 20.0 Å². The molecule has 8 nitrogen and oxygen atoms in total. The number of hydrogen-bond donors (Lipinski definition) is 2. The van der Waals surface area contributed by atoms with Gasteiger partial charge in [0.25, 0.3) is 5.91 Å². The highest BCUT2D eigenvalue weighted by atomic mass is 16.5. The van der Waals surface area contributed by atoms with Gasteiger partial charge in [-0.25, -0.2) is 9.69 Å². The van der Waals surface area contributed by atoms with Crippen molar-refractivity contribution in [2.45, 2.75) is 12.5 Å². The van der Waals surface area contributed by atoms with Crippen molar-refractivity contribution in [3.05, 3.63) is 102 Å². The third-order valence-electron chi connectivity index (χ3n) is 6.32. The van der Waals surface area contributed by atoms with E-state index in [9.17, 15) is 4.79 Å². The molecule has 0 saturated carbocycles. The number of carbonyl (C=O) groups excluding carboxylic acids is 1. The van der Waals surface area contributed by atoms with Gasteiger partial charge in [0, 0.05) is 35.9 Å². The third kappa shape index (κ3) is 5.16. The SMILES string of the molecule is COc1ccccc1C1=NN(C(=O)CNCCO)C(c2cn(-c3ccccc3)nc2-c2ccccc2)C1. The number of rotatable bonds is 9. The van der Waals surface area contributed by atoms with Crippen molar-refractivity contribution in [1.82, 2.24) is 20.1 Å². The molecule has 1 aliphatic heterocycles. The van der Waals surface area contributed by atoms with E-state index in [0.29, 0.717) is 18.7 Å². The Kier molecular flexibility index (Phi) is 7.39. The zero-order chi connectivity index (χ0) is 25.6. The molecule has 2 N–H and O–H groups in total. The van der Waals surface area contributed by atoms with Crippen LogP contribution in [0.15, 0.2) is 96.2 Å². The van der Waals surface area contributed by atoms with Crippen molar-refractivity contribution < 1.29 is 14.6 Å². The molecule has 5 rings (SSSR count). The van der Waals surface area contributed by atoms with Gasteiger partial charge < -0.3 is 15.2 Å². The number of carbonyl (C=O) groups is 1. The van der Waals surface area contributed by atoms with Crippen molar-refractivity contribution in [3.63, 3.8) is 0 Å². The monoisotopic (exact) mass is 495 g/mol. The number of amides is 1. The number of ether oxygens (including phenoxy) is 1. The maximum atomic E-state index is 13.4. The summed E-state index contributed by atoms with van der Waals surface area (Å²) in [5.74, 6) is 0.519. The predicted octanol–water partition coefficient (Wildman–Crippen LogP) is 3.81. The summed E-state index contributed by atoms with van der Waals surface area (Å²) in [5.41, 5.74) is 5.21. The van der Waals surface area contributed by atoms with Crippen molar-refractivity contribution >= 4 is 11.6 Å². The normalized spacial score (nSPS) is 15.0. The maximum Gasteiger partial charge on any atom is 0.257 e. The second kappa shape index (κ2) is 11.2. The topological polar surface area (TPSA) is 92.0 Å². The Balaban J connectivity index is 1.59. The molecule has 0 spiro atoms. The Morgan fingerprint density at radius 1 is 1.03 bits per heavy atom. The van der Waals surface area contributed by atoms with Crippen LogP contribution in [-0.2, 0) is 4.79 Å². The van der Waals surface area contributed by atoms with Crippen LogP contribution in [0.4, 0.5) is 0 Å². The summed E-state index contributed by atoms with van der Waals surface area (Å²) in [6, 6.07) is 27.2. The van der Waals surface area contributed by atoms with E-state index in [0.717, 1.165) is 33.8 Å². The van der Waals surface area contributed by atoms with Crippen LogP contribution < -0.4 is 10.1 Å². The Hall–Kier alpha value is -4.27. The minimum absolute atomic E-state index is 0.0472. The smallest absolute Gasteiger partial charge is 0.257 e. The third-order valence-corrected chi connectivity index (χ3v) is 6.32. The summed E-state index contributed by atoms with van der Waals surface area (Å²) in [4.78, 5) is 13.4. The first-order valence-corrected chi connectivity index (χ1v) is 12.2. The summed E-state index contributed by atoms with van der Waals surface area (Å²) in [6.07, 6.45) is 2.50. The van der Waals surface area contributed by atoms with Crippen molar-refractivity contribution in [3.8, 4) is 22.7 Å². The highest BCUT2D eigenvalue weighted by Crippen LogP contribution is 2.39. The number of aliphatic hydroxyl groups is 1. The van der Waals surface area contributed by atoms with Crippen LogP contribution in [0.25, 0.3) is 16.9 Å². The number of aromatic nitrogens is 2. The molecule has 0 saturated heterocycles. The molecule has 1 atom stereocenters. The summed E-state index contributed by atoms with van der Waals surface area (Å²) >= 11 is 0. The van der Waals surface area contributed by atoms with Crippen molar-refractivity contribution in [1.29, 1.82) is 0 Å². The summed E-state index contributed by atoms with van der Waals surface area (Å²) < 4.78 is 7.44. The van der Waals surface area contributed by atoms with Gasteiger partial charge in [0.15, 0.2) is 0 Å². The van der Waals surface area contributed by atoms with Crippen LogP contribution in [0.2, 0.25) is 0 Å². The van der Waals surface area contributed by atoms with E-state index >= 15 is 0 Å². The zero-order valence-electron chi connectivity index (χ0n) is 20.6. The molecule has 4 aromatic rings. The van der Waals surface area contributed by atoms with Gasteiger partial charge in [-0.3, -0.25) is 4.79 Å². The van der Waals surface area contributed by atoms with Crippen molar-refractivity contribution in [2.75, 3.05) is 26.8 Å². The molecule has 37 heavy (non-hydrogen) atoms. The fourth-order valence-electron chi connectivity index (χ4n) is 4.55. The summed E-state index contributed by atoms with van der Waals surface area (Å²) in [6.45, 7) is 0.343. The molecule has 3 aromatic carbocycles. The number of hydrazone groups is 1.